The van der Waals surface area contributed by atoms with Gasteiger partial charge in [0.1, 0.15) is 6.54 Å². The summed E-state index contributed by atoms with van der Waals surface area (Å²) in [5.74, 6) is 1.42. The molecule has 220 valence electrons. The number of nitrogens with one attached hydrogen (secondary N) is 1. The summed E-state index contributed by atoms with van der Waals surface area (Å²) in [7, 11) is 1.67. The van der Waals surface area contributed by atoms with Crippen molar-refractivity contribution < 1.29 is 42.8 Å². The molecule has 1 aromatic carbocycles. The molecule has 0 aliphatic rings. The number of pyridine rings is 1. The summed E-state index contributed by atoms with van der Waals surface area (Å²) < 4.78 is 13.8. The number of ether oxygens (including phenoxy) is 2. The van der Waals surface area contributed by atoms with Gasteiger partial charge in [0.05, 0.1) is 25.3 Å². The lowest BCUT2D eigenvalue weighted by atomic mass is 10.0. The molecule has 5 nitrogen and oxygen atoms in total. The van der Waals surface area contributed by atoms with Gasteiger partial charge in [0, 0.05) is 18.6 Å². The second kappa shape index (κ2) is 21.9. The number of nitrogens with zero attached hydrogens (tertiary/aromatic N) is 1. The van der Waals surface area contributed by atoms with E-state index in [-0.39, 0.29) is 35.9 Å². The van der Waals surface area contributed by atoms with Gasteiger partial charge in [0.2, 0.25) is 0 Å². The standard InChI is InChI=1S/C33H52N2O3.HI/c1-5-8-9-10-11-12-13-14-15-16-17-18-26-38-31-20-19-29(27-32(31)37-4)30(7-3)34-33(36)28-21-24-35(23-6-2)25-22-28;/h19-22,24-25,27,30H,5-18,23,26H2,1-4H3;1H. The summed E-state index contributed by atoms with van der Waals surface area (Å²) in [4.78, 5) is 12.9. The molecule has 0 saturated heterocycles. The number of aryl methyl sites for hydroxylation is 1. The van der Waals surface area contributed by atoms with Crippen molar-refractivity contribution in [2.24, 2.45) is 0 Å². The van der Waals surface area contributed by atoms with Crippen LogP contribution in [0.15, 0.2) is 42.7 Å². The van der Waals surface area contributed by atoms with Crippen molar-refractivity contribution in [1.29, 1.82) is 0 Å². The fraction of sp³-hybridized carbons (Fsp3) is 0.636. The predicted molar refractivity (Wildman–Crippen MR) is 157 cm³/mol. The van der Waals surface area contributed by atoms with Gasteiger partial charge >= 0.3 is 0 Å². The van der Waals surface area contributed by atoms with Gasteiger partial charge in [-0.1, -0.05) is 97.5 Å². The lowest BCUT2D eigenvalue weighted by Crippen LogP contribution is -3.00. The number of unbranched alkanes of at least 4 members (excludes halogenated alkanes) is 11. The minimum atomic E-state index is -0.0928. The zero-order valence-corrected chi connectivity index (χ0v) is 27.1. The second-order valence-electron chi connectivity index (χ2n) is 10.4. The van der Waals surface area contributed by atoms with Gasteiger partial charge < -0.3 is 38.8 Å². The van der Waals surface area contributed by atoms with Crippen molar-refractivity contribution >= 4 is 5.91 Å². The zero-order chi connectivity index (χ0) is 27.4. The Labute approximate surface area is 255 Å². The minimum absolute atomic E-state index is 0. The summed E-state index contributed by atoms with van der Waals surface area (Å²) in [5.41, 5.74) is 1.69. The first kappa shape index (κ1) is 35.2. The number of halogens is 1. The Balaban J connectivity index is 0.00000760. The van der Waals surface area contributed by atoms with Crippen LogP contribution in [0.25, 0.3) is 0 Å². The Morgan fingerprint density at radius 3 is 1.92 bits per heavy atom. The van der Waals surface area contributed by atoms with E-state index in [4.69, 9.17) is 9.47 Å². The molecule has 0 aliphatic heterocycles. The van der Waals surface area contributed by atoms with Crippen LogP contribution in [0.4, 0.5) is 0 Å². The first-order valence-corrected chi connectivity index (χ1v) is 15.2. The SMILES string of the molecule is CCCCCCCCCCCCCCOc1ccc(C(CC)NC(=O)c2cc[n+](CCC)cc2)cc1OC.[I-]. The van der Waals surface area contributed by atoms with E-state index in [0.29, 0.717) is 12.2 Å². The Kier molecular flexibility index (Phi) is 19.8. The van der Waals surface area contributed by atoms with Gasteiger partial charge in [-0.2, -0.15) is 0 Å². The lowest BCUT2D eigenvalue weighted by Gasteiger charge is -2.19. The quantitative estimate of drug-likeness (QED) is 0.112. The Hall–Kier alpha value is -1.83. The molecule has 1 atom stereocenters. The number of hydrogen-bond acceptors (Lipinski definition) is 3. The molecule has 0 bridgehead atoms. The van der Waals surface area contributed by atoms with E-state index in [1.807, 2.05) is 42.7 Å². The summed E-state index contributed by atoms with van der Waals surface area (Å²) >= 11 is 0. The highest BCUT2D eigenvalue weighted by Crippen LogP contribution is 2.31. The molecule has 1 aromatic heterocycles. The fourth-order valence-electron chi connectivity index (χ4n) is 4.82. The molecule has 6 heteroatoms. The highest BCUT2D eigenvalue weighted by molar-refractivity contribution is 5.94. The first-order chi connectivity index (χ1) is 18.6. The van der Waals surface area contributed by atoms with Crippen LogP contribution in [-0.2, 0) is 6.54 Å². The van der Waals surface area contributed by atoms with Crippen LogP contribution < -0.4 is 43.3 Å². The molecule has 0 saturated carbocycles. The summed E-state index contributed by atoms with van der Waals surface area (Å²) in [6.07, 6.45) is 21.8. The van der Waals surface area contributed by atoms with E-state index >= 15 is 0 Å². The molecular formula is C33H53IN2O3. The minimum Gasteiger partial charge on any atom is -1.00 e. The molecule has 2 aromatic rings. The summed E-state index contributed by atoms with van der Waals surface area (Å²) in [6, 6.07) is 9.67. The third-order valence-corrected chi connectivity index (χ3v) is 7.19. The third-order valence-electron chi connectivity index (χ3n) is 7.19. The molecule has 1 unspecified atom stereocenters. The van der Waals surface area contributed by atoms with E-state index in [2.05, 4.69) is 30.7 Å². The normalized spacial score (nSPS) is 11.5. The van der Waals surface area contributed by atoms with E-state index < -0.39 is 0 Å². The monoisotopic (exact) mass is 652 g/mol. The molecule has 0 spiro atoms. The summed E-state index contributed by atoms with van der Waals surface area (Å²) in [5, 5.41) is 3.17. The number of rotatable bonds is 21. The molecule has 1 N–H and O–H groups in total. The molecule has 0 radical (unpaired) electrons. The topological polar surface area (TPSA) is 51.4 Å². The number of benzene rings is 1. The van der Waals surface area contributed by atoms with Crippen LogP contribution in [0, 0.1) is 0 Å². The Morgan fingerprint density at radius 1 is 0.795 bits per heavy atom. The van der Waals surface area contributed by atoms with E-state index in [0.717, 1.165) is 42.9 Å². The third kappa shape index (κ3) is 13.9. The highest BCUT2D eigenvalue weighted by Gasteiger charge is 2.17. The zero-order valence-electron chi connectivity index (χ0n) is 25.0. The molecule has 2 rings (SSSR count). The van der Waals surface area contributed by atoms with Crippen LogP contribution in [0.2, 0.25) is 0 Å². The van der Waals surface area contributed by atoms with Gasteiger partial charge in [-0.15, -0.1) is 0 Å². The van der Waals surface area contributed by atoms with Crippen LogP contribution in [0.1, 0.15) is 133 Å². The second-order valence-corrected chi connectivity index (χ2v) is 10.4. The Morgan fingerprint density at radius 2 is 1.38 bits per heavy atom. The maximum atomic E-state index is 12.9. The van der Waals surface area contributed by atoms with Crippen molar-refractivity contribution in [1.82, 2.24) is 5.32 Å². The summed E-state index contributed by atoms with van der Waals surface area (Å²) in [6.45, 7) is 8.15. The molecule has 1 heterocycles. The van der Waals surface area contributed by atoms with Crippen LogP contribution in [0.5, 0.6) is 11.5 Å². The maximum Gasteiger partial charge on any atom is 0.252 e. The van der Waals surface area contributed by atoms with Crippen molar-refractivity contribution in [2.75, 3.05) is 13.7 Å². The number of carbonyl (C=O) groups excluding carboxylic acids is 1. The average molecular weight is 653 g/mol. The number of aromatic nitrogens is 1. The lowest BCUT2D eigenvalue weighted by molar-refractivity contribution is -0.697. The molecule has 39 heavy (non-hydrogen) atoms. The van der Waals surface area contributed by atoms with Crippen molar-refractivity contribution in [3.63, 3.8) is 0 Å². The maximum absolute atomic E-state index is 12.9. The largest absolute Gasteiger partial charge is 1.00 e. The molecule has 0 aliphatic carbocycles. The van der Waals surface area contributed by atoms with Crippen molar-refractivity contribution in [3.05, 3.63) is 53.9 Å². The Bertz CT molecular complexity index is 904. The smallest absolute Gasteiger partial charge is 0.252 e. The van der Waals surface area contributed by atoms with Gasteiger partial charge in [-0.25, -0.2) is 4.57 Å². The van der Waals surface area contributed by atoms with Gasteiger partial charge in [0.15, 0.2) is 23.9 Å². The van der Waals surface area contributed by atoms with Crippen molar-refractivity contribution in [3.8, 4) is 11.5 Å². The van der Waals surface area contributed by atoms with Gasteiger partial charge in [-0.3, -0.25) is 4.79 Å². The fourth-order valence-corrected chi connectivity index (χ4v) is 4.82. The number of carbonyl (C=O) groups is 1. The van der Waals surface area contributed by atoms with E-state index in [1.165, 1.54) is 70.6 Å². The molecule has 1 amide bonds. The predicted octanol–water partition coefficient (Wildman–Crippen LogP) is 5.36. The van der Waals surface area contributed by atoms with Crippen LogP contribution in [0.3, 0.4) is 0 Å². The average Bonchev–Trinajstić information content (AvgIpc) is 2.94. The van der Waals surface area contributed by atoms with Crippen LogP contribution >= 0.6 is 0 Å². The molecule has 0 fully saturated rings. The number of methoxy groups -OCH3 is 1. The van der Waals surface area contributed by atoms with E-state index in [9.17, 15) is 4.79 Å². The first-order valence-electron chi connectivity index (χ1n) is 15.2. The van der Waals surface area contributed by atoms with Gasteiger partial charge in [-0.05, 0) is 30.5 Å². The molecular weight excluding hydrogens is 599 g/mol. The number of hydrogen-bond donors (Lipinski definition) is 1. The van der Waals surface area contributed by atoms with Crippen molar-refractivity contribution in [2.45, 2.75) is 123 Å². The highest BCUT2D eigenvalue weighted by atomic mass is 127. The van der Waals surface area contributed by atoms with E-state index in [1.54, 1.807) is 7.11 Å². The van der Waals surface area contributed by atoms with Crippen LogP contribution in [-0.4, -0.2) is 19.6 Å². The van der Waals surface area contributed by atoms with Gasteiger partial charge in [0.25, 0.3) is 5.91 Å². The number of amides is 1.